The Kier molecular flexibility index (Phi) is 3.51. The summed E-state index contributed by atoms with van der Waals surface area (Å²) in [5, 5.41) is 3.63. The summed E-state index contributed by atoms with van der Waals surface area (Å²) >= 11 is 0. The van der Waals surface area contributed by atoms with Gasteiger partial charge in [-0.05, 0) is 54.7 Å². The molecule has 0 saturated heterocycles. The Morgan fingerprint density at radius 2 is 1.83 bits per heavy atom. The highest BCUT2D eigenvalue weighted by Gasteiger charge is 2.34. The number of hydrogen-bond donors (Lipinski definition) is 1. The molecule has 3 rings (SSSR count). The summed E-state index contributed by atoms with van der Waals surface area (Å²) in [4.78, 5) is 0. The first-order valence-electron chi connectivity index (χ1n) is 7.32. The zero-order valence-electron chi connectivity index (χ0n) is 11.2. The van der Waals surface area contributed by atoms with Gasteiger partial charge in [0.1, 0.15) is 0 Å². The number of benzene rings is 1. The lowest BCUT2D eigenvalue weighted by Crippen LogP contribution is -2.25. The number of hydrogen-bond acceptors (Lipinski definition) is 1. The van der Waals surface area contributed by atoms with E-state index in [9.17, 15) is 0 Å². The number of allylic oxidation sites excluding steroid dienone is 2. The van der Waals surface area contributed by atoms with Crippen molar-refractivity contribution in [1.29, 1.82) is 0 Å². The Morgan fingerprint density at radius 3 is 2.44 bits per heavy atom. The molecule has 18 heavy (non-hydrogen) atoms. The molecule has 1 fully saturated rings. The molecular formula is C17H23N. The topological polar surface area (TPSA) is 12.0 Å². The molecule has 1 aromatic carbocycles. The van der Waals surface area contributed by atoms with Gasteiger partial charge < -0.3 is 5.32 Å². The van der Waals surface area contributed by atoms with E-state index in [2.05, 4.69) is 48.7 Å². The van der Waals surface area contributed by atoms with Crippen LogP contribution in [-0.2, 0) is 13.0 Å². The van der Waals surface area contributed by atoms with Gasteiger partial charge in [0.2, 0.25) is 0 Å². The fourth-order valence-corrected chi connectivity index (χ4v) is 3.42. The lowest BCUT2D eigenvalue weighted by Gasteiger charge is -2.18. The van der Waals surface area contributed by atoms with Crippen molar-refractivity contribution in [3.05, 3.63) is 47.5 Å². The summed E-state index contributed by atoms with van der Waals surface area (Å²) in [6.45, 7) is 4.40. The zero-order chi connectivity index (χ0) is 12.4. The third-order valence-corrected chi connectivity index (χ3v) is 4.58. The standard InChI is InChI=1S/C17H23N/c1-2-13-3-5-14(6-4-13)11-18-12-17-10-15-7-8-16(17)9-15/h3-8,15-18H,2,9-12H2,1H3. The number of rotatable bonds is 5. The van der Waals surface area contributed by atoms with Crippen molar-refractivity contribution in [3.63, 3.8) is 0 Å². The van der Waals surface area contributed by atoms with Crippen molar-refractivity contribution < 1.29 is 0 Å². The summed E-state index contributed by atoms with van der Waals surface area (Å²) in [6, 6.07) is 9.01. The molecule has 2 aliphatic rings. The normalized spacial score (nSPS) is 29.1. The fourth-order valence-electron chi connectivity index (χ4n) is 3.42. The highest BCUT2D eigenvalue weighted by molar-refractivity contribution is 5.22. The molecule has 1 heteroatoms. The van der Waals surface area contributed by atoms with Crippen molar-refractivity contribution >= 4 is 0 Å². The largest absolute Gasteiger partial charge is 0.312 e. The fraction of sp³-hybridized carbons (Fsp3) is 0.529. The van der Waals surface area contributed by atoms with E-state index in [1.54, 1.807) is 0 Å². The van der Waals surface area contributed by atoms with Crippen LogP contribution in [0.15, 0.2) is 36.4 Å². The molecular weight excluding hydrogens is 218 g/mol. The summed E-state index contributed by atoms with van der Waals surface area (Å²) in [7, 11) is 0. The number of nitrogens with one attached hydrogen (secondary N) is 1. The lowest BCUT2D eigenvalue weighted by molar-refractivity contribution is 0.414. The van der Waals surface area contributed by atoms with E-state index >= 15 is 0 Å². The van der Waals surface area contributed by atoms with Crippen molar-refractivity contribution in [3.8, 4) is 0 Å². The van der Waals surface area contributed by atoms with Gasteiger partial charge in [-0.3, -0.25) is 0 Å². The Hall–Kier alpha value is -1.08. The molecule has 3 unspecified atom stereocenters. The van der Waals surface area contributed by atoms with Crippen molar-refractivity contribution in [1.82, 2.24) is 5.32 Å². The van der Waals surface area contributed by atoms with Crippen molar-refractivity contribution in [2.75, 3.05) is 6.54 Å². The Balaban J connectivity index is 1.45. The third kappa shape index (κ3) is 2.51. The number of fused-ring (bicyclic) bond motifs is 2. The van der Waals surface area contributed by atoms with Crippen LogP contribution in [-0.4, -0.2) is 6.54 Å². The van der Waals surface area contributed by atoms with E-state index in [0.29, 0.717) is 0 Å². The van der Waals surface area contributed by atoms with Crippen molar-refractivity contribution in [2.45, 2.75) is 32.7 Å². The Bertz CT molecular complexity index is 418. The smallest absolute Gasteiger partial charge is 0.0205 e. The highest BCUT2D eigenvalue weighted by atomic mass is 14.9. The molecule has 1 aromatic rings. The average Bonchev–Trinajstić information content (AvgIpc) is 3.02. The second-order valence-electron chi connectivity index (χ2n) is 5.84. The molecule has 1 saturated carbocycles. The number of aryl methyl sites for hydroxylation is 1. The molecule has 0 aromatic heterocycles. The first kappa shape index (κ1) is 12.0. The van der Waals surface area contributed by atoms with Crippen LogP contribution in [0, 0.1) is 17.8 Å². The van der Waals surface area contributed by atoms with Gasteiger partial charge in [0.05, 0.1) is 0 Å². The van der Waals surface area contributed by atoms with Crippen LogP contribution in [0.1, 0.15) is 30.9 Å². The van der Waals surface area contributed by atoms with Gasteiger partial charge in [0.25, 0.3) is 0 Å². The maximum atomic E-state index is 3.63. The second kappa shape index (κ2) is 5.27. The molecule has 96 valence electrons. The molecule has 2 aliphatic carbocycles. The predicted octanol–water partition coefficient (Wildman–Crippen LogP) is 3.55. The van der Waals surface area contributed by atoms with E-state index in [4.69, 9.17) is 0 Å². The maximum Gasteiger partial charge on any atom is 0.0205 e. The van der Waals surface area contributed by atoms with Crippen LogP contribution in [0.4, 0.5) is 0 Å². The highest BCUT2D eigenvalue weighted by Crippen LogP contribution is 2.42. The summed E-state index contributed by atoms with van der Waals surface area (Å²) in [6.07, 6.45) is 8.81. The summed E-state index contributed by atoms with van der Waals surface area (Å²) in [5.74, 6) is 2.64. The molecule has 0 radical (unpaired) electrons. The molecule has 1 N–H and O–H groups in total. The molecule has 0 heterocycles. The quantitative estimate of drug-likeness (QED) is 0.777. The van der Waals surface area contributed by atoms with Gasteiger partial charge in [0, 0.05) is 6.54 Å². The zero-order valence-corrected chi connectivity index (χ0v) is 11.2. The third-order valence-electron chi connectivity index (χ3n) is 4.58. The minimum atomic E-state index is 0.866. The Labute approximate surface area is 110 Å². The van der Waals surface area contributed by atoms with Crippen LogP contribution in [0.3, 0.4) is 0 Å². The maximum absolute atomic E-state index is 3.63. The van der Waals surface area contributed by atoms with Gasteiger partial charge >= 0.3 is 0 Å². The van der Waals surface area contributed by atoms with E-state index in [-0.39, 0.29) is 0 Å². The van der Waals surface area contributed by atoms with E-state index < -0.39 is 0 Å². The molecule has 1 nitrogen and oxygen atoms in total. The van der Waals surface area contributed by atoms with Gasteiger partial charge in [-0.25, -0.2) is 0 Å². The van der Waals surface area contributed by atoms with Crippen LogP contribution in [0.25, 0.3) is 0 Å². The molecule has 0 spiro atoms. The van der Waals surface area contributed by atoms with Gasteiger partial charge in [0.15, 0.2) is 0 Å². The SMILES string of the molecule is CCc1ccc(CNCC2CC3C=CC2C3)cc1. The first-order valence-corrected chi connectivity index (χ1v) is 7.32. The Morgan fingerprint density at radius 1 is 1.06 bits per heavy atom. The van der Waals surface area contributed by atoms with Crippen LogP contribution < -0.4 is 5.32 Å². The predicted molar refractivity (Wildman–Crippen MR) is 76.4 cm³/mol. The minimum absolute atomic E-state index is 0.866. The summed E-state index contributed by atoms with van der Waals surface area (Å²) < 4.78 is 0. The van der Waals surface area contributed by atoms with Gasteiger partial charge in [-0.15, -0.1) is 0 Å². The molecule has 0 aliphatic heterocycles. The summed E-state index contributed by atoms with van der Waals surface area (Å²) in [5.41, 5.74) is 2.84. The molecule has 2 bridgehead atoms. The minimum Gasteiger partial charge on any atom is -0.312 e. The first-order chi connectivity index (χ1) is 8.85. The van der Waals surface area contributed by atoms with Gasteiger partial charge in [-0.1, -0.05) is 43.3 Å². The monoisotopic (exact) mass is 241 g/mol. The van der Waals surface area contributed by atoms with Crippen molar-refractivity contribution in [2.24, 2.45) is 17.8 Å². The van der Waals surface area contributed by atoms with Gasteiger partial charge in [-0.2, -0.15) is 0 Å². The lowest BCUT2D eigenvalue weighted by atomic mass is 9.93. The van der Waals surface area contributed by atoms with E-state index in [1.807, 2.05) is 0 Å². The second-order valence-corrected chi connectivity index (χ2v) is 5.84. The average molecular weight is 241 g/mol. The van der Waals surface area contributed by atoms with Crippen LogP contribution >= 0.6 is 0 Å². The molecule has 0 amide bonds. The van der Waals surface area contributed by atoms with E-state index in [1.165, 1.54) is 30.5 Å². The van der Waals surface area contributed by atoms with Crippen LogP contribution in [0.2, 0.25) is 0 Å². The van der Waals surface area contributed by atoms with Crippen LogP contribution in [0.5, 0.6) is 0 Å². The molecule has 3 atom stereocenters. The van der Waals surface area contributed by atoms with E-state index in [0.717, 1.165) is 30.7 Å².